The lowest BCUT2D eigenvalue weighted by Gasteiger charge is -2.31. The van der Waals surface area contributed by atoms with E-state index < -0.39 is 5.97 Å². The van der Waals surface area contributed by atoms with E-state index in [9.17, 15) is 14.7 Å². The van der Waals surface area contributed by atoms with E-state index in [2.05, 4.69) is 31.9 Å². The number of nitrogens with zero attached hydrogens (tertiary/aromatic N) is 2. The van der Waals surface area contributed by atoms with Gasteiger partial charge in [-0.05, 0) is 53.2 Å². The topological polar surface area (TPSA) is 79.3 Å². The largest absolute Gasteiger partial charge is 0.492 e. The number of morpholine rings is 1. The second-order valence-electron chi connectivity index (χ2n) is 7.02. The molecule has 0 atom stereocenters. The molecule has 9 heteroatoms. The van der Waals surface area contributed by atoms with Crippen LogP contribution in [0.5, 0.6) is 5.75 Å². The highest BCUT2D eigenvalue weighted by molar-refractivity contribution is 9.11. The first-order valence-corrected chi connectivity index (χ1v) is 11.5. The van der Waals surface area contributed by atoms with E-state index in [-0.39, 0.29) is 18.0 Å². The number of rotatable bonds is 7. The Labute approximate surface area is 198 Å². The maximum Gasteiger partial charge on any atom is 0.337 e. The van der Waals surface area contributed by atoms with Gasteiger partial charge in [0.05, 0.1) is 42.1 Å². The van der Waals surface area contributed by atoms with Crippen LogP contribution in [0.4, 0.5) is 11.4 Å². The summed E-state index contributed by atoms with van der Waals surface area (Å²) in [6.45, 7) is 6.42. The molecule has 7 nitrogen and oxygen atoms in total. The summed E-state index contributed by atoms with van der Waals surface area (Å²) in [5, 5.41) is 9.82. The first-order chi connectivity index (χ1) is 14.8. The third kappa shape index (κ3) is 5.58. The van der Waals surface area contributed by atoms with E-state index in [1.807, 2.05) is 24.0 Å². The van der Waals surface area contributed by atoms with Gasteiger partial charge >= 0.3 is 5.97 Å². The Morgan fingerprint density at radius 3 is 2.52 bits per heavy atom. The van der Waals surface area contributed by atoms with Gasteiger partial charge in [0.1, 0.15) is 5.75 Å². The van der Waals surface area contributed by atoms with Gasteiger partial charge in [-0.1, -0.05) is 15.9 Å². The highest BCUT2D eigenvalue weighted by Crippen LogP contribution is 2.35. The number of amides is 1. The molecule has 2 aromatic rings. The van der Waals surface area contributed by atoms with Crippen LogP contribution < -0.4 is 14.5 Å². The Bertz CT molecular complexity index is 977. The number of benzene rings is 2. The maximum atomic E-state index is 12.5. The number of carboxylic acid groups (broad SMARTS) is 1. The Morgan fingerprint density at radius 1 is 1.19 bits per heavy atom. The monoisotopic (exact) mass is 554 g/mol. The van der Waals surface area contributed by atoms with E-state index in [1.165, 1.54) is 6.92 Å². The first-order valence-electron chi connectivity index (χ1n) is 9.90. The molecule has 0 aromatic heterocycles. The summed E-state index contributed by atoms with van der Waals surface area (Å²) in [6.07, 6.45) is 0. The Morgan fingerprint density at radius 2 is 1.90 bits per heavy atom. The van der Waals surface area contributed by atoms with Gasteiger partial charge in [-0.2, -0.15) is 0 Å². The average Bonchev–Trinajstić information content (AvgIpc) is 2.74. The van der Waals surface area contributed by atoms with Crippen LogP contribution in [-0.4, -0.2) is 49.9 Å². The van der Waals surface area contributed by atoms with Crippen molar-refractivity contribution in [3.05, 3.63) is 50.4 Å². The van der Waals surface area contributed by atoms with Crippen LogP contribution in [-0.2, 0) is 16.1 Å². The number of hydrogen-bond acceptors (Lipinski definition) is 5. The van der Waals surface area contributed by atoms with Gasteiger partial charge in [0.2, 0.25) is 5.91 Å². The van der Waals surface area contributed by atoms with E-state index in [0.29, 0.717) is 50.0 Å². The van der Waals surface area contributed by atoms with E-state index in [4.69, 9.17) is 9.47 Å². The summed E-state index contributed by atoms with van der Waals surface area (Å²) in [6, 6.07) is 8.88. The lowest BCUT2D eigenvalue weighted by Crippen LogP contribution is -2.37. The maximum absolute atomic E-state index is 12.5. The molecule has 0 unspecified atom stereocenters. The fraction of sp³-hybridized carbons (Fsp3) is 0.364. The molecule has 1 aliphatic heterocycles. The van der Waals surface area contributed by atoms with E-state index in [0.717, 1.165) is 14.5 Å². The predicted molar refractivity (Wildman–Crippen MR) is 126 cm³/mol. The van der Waals surface area contributed by atoms with Gasteiger partial charge in [0.15, 0.2) is 0 Å². The highest BCUT2D eigenvalue weighted by Gasteiger charge is 2.23. The predicted octanol–water partition coefficient (Wildman–Crippen LogP) is 4.70. The van der Waals surface area contributed by atoms with Gasteiger partial charge in [-0.15, -0.1) is 0 Å². The molecule has 0 radical (unpaired) electrons. The molecule has 31 heavy (non-hydrogen) atoms. The molecular weight excluding hydrogens is 532 g/mol. The Kier molecular flexibility index (Phi) is 7.96. The SMILES string of the molecule is CCOc1c(Br)cc(Br)cc1CN(C(C)=O)c1ccc(N2CCOCC2)c(C(=O)O)c1. The minimum atomic E-state index is -1.04. The Balaban J connectivity index is 2.00. The molecule has 1 saturated heterocycles. The van der Waals surface area contributed by atoms with Crippen LogP contribution >= 0.6 is 31.9 Å². The highest BCUT2D eigenvalue weighted by atomic mass is 79.9. The molecule has 1 amide bonds. The van der Waals surface area contributed by atoms with E-state index >= 15 is 0 Å². The first kappa shape index (κ1) is 23.6. The van der Waals surface area contributed by atoms with Crippen molar-refractivity contribution in [2.45, 2.75) is 20.4 Å². The number of anilines is 2. The van der Waals surface area contributed by atoms with Crippen LogP contribution in [0.25, 0.3) is 0 Å². The van der Waals surface area contributed by atoms with Crippen molar-refractivity contribution in [2.24, 2.45) is 0 Å². The second kappa shape index (κ2) is 10.5. The summed E-state index contributed by atoms with van der Waals surface area (Å²) in [4.78, 5) is 28.1. The number of carboxylic acids is 1. The number of ether oxygens (including phenoxy) is 2. The molecular formula is C22H24Br2N2O5. The molecule has 0 bridgehead atoms. The summed E-state index contributed by atoms with van der Waals surface area (Å²) >= 11 is 7.00. The number of halogens is 2. The Hall–Kier alpha value is -2.10. The zero-order valence-corrected chi connectivity index (χ0v) is 20.5. The van der Waals surface area contributed by atoms with Gasteiger partial charge in [-0.3, -0.25) is 4.79 Å². The van der Waals surface area contributed by atoms with Crippen LogP contribution in [0.15, 0.2) is 39.3 Å². The summed E-state index contributed by atoms with van der Waals surface area (Å²) < 4.78 is 12.8. The van der Waals surface area contributed by atoms with Crippen molar-refractivity contribution in [1.82, 2.24) is 0 Å². The normalized spacial score (nSPS) is 13.7. The third-order valence-corrected chi connectivity index (χ3v) is 6.00. The number of hydrogen-bond donors (Lipinski definition) is 1. The number of carbonyl (C=O) groups is 2. The smallest absolute Gasteiger partial charge is 0.337 e. The van der Waals surface area contributed by atoms with Crippen molar-refractivity contribution in [3.63, 3.8) is 0 Å². The molecule has 3 rings (SSSR count). The van der Waals surface area contributed by atoms with Crippen molar-refractivity contribution in [3.8, 4) is 5.75 Å². The van der Waals surface area contributed by atoms with Gasteiger partial charge < -0.3 is 24.4 Å². The standard InChI is InChI=1S/C22H24Br2N2O5/c1-3-31-21-15(10-16(23)11-19(21)24)13-26(14(2)27)17-4-5-20(18(12-17)22(28)29)25-6-8-30-9-7-25/h4-5,10-12H,3,6-9,13H2,1-2H3,(H,28,29). The lowest BCUT2D eigenvalue weighted by molar-refractivity contribution is -0.116. The zero-order valence-electron chi connectivity index (χ0n) is 17.4. The van der Waals surface area contributed by atoms with Crippen LogP contribution in [0, 0.1) is 0 Å². The lowest BCUT2D eigenvalue weighted by atomic mass is 10.1. The average molecular weight is 556 g/mol. The quantitative estimate of drug-likeness (QED) is 0.533. The van der Waals surface area contributed by atoms with Crippen LogP contribution in [0.2, 0.25) is 0 Å². The molecule has 1 aliphatic rings. The fourth-order valence-electron chi connectivity index (χ4n) is 3.54. The summed E-state index contributed by atoms with van der Waals surface area (Å²) in [7, 11) is 0. The fourth-order valence-corrected chi connectivity index (χ4v) is 4.96. The van der Waals surface area contributed by atoms with Crippen LogP contribution in [0.3, 0.4) is 0 Å². The zero-order chi connectivity index (χ0) is 22.5. The molecule has 2 aromatic carbocycles. The van der Waals surface area contributed by atoms with Crippen molar-refractivity contribution >= 4 is 55.1 Å². The molecule has 1 heterocycles. The minimum absolute atomic E-state index is 0.158. The van der Waals surface area contributed by atoms with Gasteiger partial charge in [0, 0.05) is 35.7 Å². The van der Waals surface area contributed by atoms with Crippen LogP contribution in [0.1, 0.15) is 29.8 Å². The van der Waals surface area contributed by atoms with Gasteiger partial charge in [0.25, 0.3) is 0 Å². The van der Waals surface area contributed by atoms with Gasteiger partial charge in [-0.25, -0.2) is 4.79 Å². The minimum Gasteiger partial charge on any atom is -0.492 e. The molecule has 1 fully saturated rings. The second-order valence-corrected chi connectivity index (χ2v) is 8.79. The molecule has 166 valence electrons. The molecule has 0 saturated carbocycles. The van der Waals surface area contributed by atoms with Crippen molar-refractivity contribution in [1.29, 1.82) is 0 Å². The molecule has 0 spiro atoms. The summed E-state index contributed by atoms with van der Waals surface area (Å²) in [5.41, 5.74) is 2.10. The van der Waals surface area contributed by atoms with Crippen molar-refractivity contribution < 1.29 is 24.2 Å². The molecule has 0 aliphatic carbocycles. The number of carbonyl (C=O) groups excluding carboxylic acids is 1. The number of aromatic carboxylic acids is 1. The van der Waals surface area contributed by atoms with E-state index in [1.54, 1.807) is 23.1 Å². The third-order valence-electron chi connectivity index (χ3n) is 4.96. The molecule has 1 N–H and O–H groups in total. The van der Waals surface area contributed by atoms with Crippen molar-refractivity contribution in [2.75, 3.05) is 42.7 Å². The summed E-state index contributed by atoms with van der Waals surface area (Å²) in [5.74, 6) is -0.582.